The summed E-state index contributed by atoms with van der Waals surface area (Å²) in [7, 11) is 2.22. The molecule has 1 fully saturated rings. The van der Waals surface area contributed by atoms with E-state index in [1.165, 1.54) is 30.5 Å². The number of aryl methyl sites for hydroxylation is 1. The van der Waals surface area contributed by atoms with Crippen LogP contribution in [-0.2, 0) is 6.42 Å². The Kier molecular flexibility index (Phi) is 4.19. The third kappa shape index (κ3) is 3.83. The first-order valence-electron chi connectivity index (χ1n) is 6.63. The Morgan fingerprint density at radius 2 is 2.12 bits per heavy atom. The van der Waals surface area contributed by atoms with Crippen molar-refractivity contribution in [3.63, 3.8) is 0 Å². The first-order valence-corrected chi connectivity index (χ1v) is 6.63. The van der Waals surface area contributed by atoms with Crippen molar-refractivity contribution in [3.05, 3.63) is 35.4 Å². The van der Waals surface area contributed by atoms with E-state index in [1.54, 1.807) is 0 Å². The van der Waals surface area contributed by atoms with E-state index in [0.29, 0.717) is 6.04 Å². The molecule has 0 unspecified atom stereocenters. The fourth-order valence-electron chi connectivity index (χ4n) is 2.66. The highest BCUT2D eigenvalue weighted by Crippen LogP contribution is 2.25. The summed E-state index contributed by atoms with van der Waals surface area (Å²) in [6, 6.07) is 9.29. The van der Waals surface area contributed by atoms with Crippen LogP contribution in [0.4, 0.5) is 0 Å². The van der Waals surface area contributed by atoms with Crippen LogP contribution in [0.1, 0.15) is 24.0 Å². The molecule has 0 aliphatic heterocycles. The molecule has 0 heterocycles. The van der Waals surface area contributed by atoms with Crippen LogP contribution in [0.15, 0.2) is 24.3 Å². The lowest BCUT2D eigenvalue weighted by Gasteiger charge is -2.35. The van der Waals surface area contributed by atoms with Crippen molar-refractivity contribution in [2.24, 2.45) is 11.7 Å². The zero-order valence-electron chi connectivity index (χ0n) is 11.0. The van der Waals surface area contributed by atoms with E-state index in [4.69, 9.17) is 5.73 Å². The average molecular weight is 232 g/mol. The maximum atomic E-state index is 5.81. The summed E-state index contributed by atoms with van der Waals surface area (Å²) in [6.07, 6.45) is 3.58. The number of benzene rings is 1. The van der Waals surface area contributed by atoms with Gasteiger partial charge in [0, 0.05) is 19.1 Å². The Hall–Kier alpha value is -0.860. The lowest BCUT2D eigenvalue weighted by atomic mass is 9.80. The van der Waals surface area contributed by atoms with E-state index in [2.05, 4.69) is 43.1 Å². The number of rotatable bonds is 5. The SMILES string of the molecule is Cc1cccc(CCN(C)CC2CC(N)C2)c1. The molecule has 94 valence electrons. The van der Waals surface area contributed by atoms with Crippen LogP contribution < -0.4 is 5.73 Å². The quantitative estimate of drug-likeness (QED) is 0.843. The molecule has 0 atom stereocenters. The Bertz CT molecular complexity index is 356. The predicted octanol–water partition coefficient (Wildman–Crippen LogP) is 2.21. The maximum absolute atomic E-state index is 5.81. The normalized spacial score (nSPS) is 23.8. The highest BCUT2D eigenvalue weighted by molar-refractivity contribution is 5.22. The number of nitrogens with two attached hydrogens (primary N) is 1. The zero-order chi connectivity index (χ0) is 12.3. The molecule has 1 aliphatic rings. The van der Waals surface area contributed by atoms with Crippen molar-refractivity contribution in [2.45, 2.75) is 32.2 Å². The van der Waals surface area contributed by atoms with Gasteiger partial charge in [0.1, 0.15) is 0 Å². The average Bonchev–Trinajstić information content (AvgIpc) is 2.24. The standard InChI is InChI=1S/C15H24N2/c1-12-4-3-5-13(8-12)6-7-17(2)11-14-9-15(16)10-14/h3-5,8,14-15H,6-7,9-11,16H2,1-2H3. The summed E-state index contributed by atoms with van der Waals surface area (Å²) in [5.74, 6) is 0.840. The van der Waals surface area contributed by atoms with Crippen LogP contribution >= 0.6 is 0 Å². The van der Waals surface area contributed by atoms with E-state index >= 15 is 0 Å². The molecule has 0 bridgehead atoms. The number of hydrogen-bond acceptors (Lipinski definition) is 2. The molecular formula is C15H24N2. The summed E-state index contributed by atoms with van der Waals surface area (Å²) in [5.41, 5.74) is 8.61. The molecule has 1 aromatic rings. The molecule has 1 saturated carbocycles. The summed E-state index contributed by atoms with van der Waals surface area (Å²) in [6.45, 7) is 4.51. The van der Waals surface area contributed by atoms with Crippen molar-refractivity contribution in [3.8, 4) is 0 Å². The van der Waals surface area contributed by atoms with Crippen LogP contribution in [0, 0.1) is 12.8 Å². The van der Waals surface area contributed by atoms with Crippen LogP contribution in [-0.4, -0.2) is 31.1 Å². The molecule has 2 heteroatoms. The molecular weight excluding hydrogens is 208 g/mol. The Balaban J connectivity index is 1.70. The molecule has 2 rings (SSSR count). The predicted molar refractivity (Wildman–Crippen MR) is 73.1 cm³/mol. The van der Waals surface area contributed by atoms with Gasteiger partial charge in [0.2, 0.25) is 0 Å². The largest absolute Gasteiger partial charge is 0.328 e. The summed E-state index contributed by atoms with van der Waals surface area (Å²) < 4.78 is 0. The number of likely N-dealkylation sites (N-methyl/N-ethyl adjacent to an activating group) is 1. The van der Waals surface area contributed by atoms with Crippen LogP contribution in [0.3, 0.4) is 0 Å². The Labute approximate surface area is 105 Å². The molecule has 1 aliphatic carbocycles. The fraction of sp³-hybridized carbons (Fsp3) is 0.600. The molecule has 0 amide bonds. The number of hydrogen-bond donors (Lipinski definition) is 1. The van der Waals surface area contributed by atoms with Gasteiger partial charge in [-0.1, -0.05) is 29.8 Å². The van der Waals surface area contributed by atoms with Crippen LogP contribution in [0.5, 0.6) is 0 Å². The Morgan fingerprint density at radius 3 is 2.76 bits per heavy atom. The van der Waals surface area contributed by atoms with Gasteiger partial charge in [-0.25, -0.2) is 0 Å². The van der Waals surface area contributed by atoms with Crippen molar-refractivity contribution < 1.29 is 0 Å². The molecule has 0 saturated heterocycles. The molecule has 0 spiro atoms. The van der Waals surface area contributed by atoms with Gasteiger partial charge in [-0.2, -0.15) is 0 Å². The van der Waals surface area contributed by atoms with E-state index in [9.17, 15) is 0 Å². The maximum Gasteiger partial charge on any atom is 0.00450 e. The summed E-state index contributed by atoms with van der Waals surface area (Å²) >= 11 is 0. The minimum atomic E-state index is 0.477. The third-order valence-corrected chi connectivity index (χ3v) is 3.71. The van der Waals surface area contributed by atoms with Gasteiger partial charge in [-0.3, -0.25) is 0 Å². The van der Waals surface area contributed by atoms with Crippen molar-refractivity contribution in [1.82, 2.24) is 4.90 Å². The van der Waals surface area contributed by atoms with E-state index in [0.717, 1.165) is 18.9 Å². The molecule has 0 radical (unpaired) electrons. The molecule has 1 aromatic carbocycles. The molecule has 0 aromatic heterocycles. The monoisotopic (exact) mass is 232 g/mol. The molecule has 17 heavy (non-hydrogen) atoms. The Morgan fingerprint density at radius 1 is 1.35 bits per heavy atom. The summed E-state index contributed by atoms with van der Waals surface area (Å²) in [4.78, 5) is 2.44. The minimum absolute atomic E-state index is 0.477. The first kappa shape index (κ1) is 12.6. The van der Waals surface area contributed by atoms with Gasteiger partial charge in [0.25, 0.3) is 0 Å². The second-order valence-electron chi connectivity index (χ2n) is 5.60. The van der Waals surface area contributed by atoms with Crippen molar-refractivity contribution in [2.75, 3.05) is 20.1 Å². The van der Waals surface area contributed by atoms with E-state index in [1.807, 2.05) is 0 Å². The highest BCUT2D eigenvalue weighted by Gasteiger charge is 2.26. The van der Waals surface area contributed by atoms with Gasteiger partial charge >= 0.3 is 0 Å². The second kappa shape index (κ2) is 5.65. The topological polar surface area (TPSA) is 29.3 Å². The van der Waals surface area contributed by atoms with Gasteiger partial charge < -0.3 is 10.6 Å². The third-order valence-electron chi connectivity index (χ3n) is 3.71. The lowest BCUT2D eigenvalue weighted by Crippen LogP contribution is -2.42. The molecule has 2 nitrogen and oxygen atoms in total. The van der Waals surface area contributed by atoms with Gasteiger partial charge in [-0.15, -0.1) is 0 Å². The van der Waals surface area contributed by atoms with Crippen LogP contribution in [0.25, 0.3) is 0 Å². The van der Waals surface area contributed by atoms with Gasteiger partial charge in [0.15, 0.2) is 0 Å². The zero-order valence-corrected chi connectivity index (χ0v) is 11.0. The molecule has 2 N–H and O–H groups in total. The lowest BCUT2D eigenvalue weighted by molar-refractivity contribution is 0.183. The second-order valence-corrected chi connectivity index (χ2v) is 5.60. The fourth-order valence-corrected chi connectivity index (χ4v) is 2.66. The summed E-state index contributed by atoms with van der Waals surface area (Å²) in [5, 5.41) is 0. The van der Waals surface area contributed by atoms with Gasteiger partial charge in [-0.05, 0) is 44.7 Å². The van der Waals surface area contributed by atoms with Gasteiger partial charge in [0.05, 0.1) is 0 Å². The van der Waals surface area contributed by atoms with E-state index < -0.39 is 0 Å². The van der Waals surface area contributed by atoms with Crippen molar-refractivity contribution in [1.29, 1.82) is 0 Å². The van der Waals surface area contributed by atoms with Crippen molar-refractivity contribution >= 4 is 0 Å². The smallest absolute Gasteiger partial charge is 0.00450 e. The highest BCUT2D eigenvalue weighted by atomic mass is 15.1. The number of nitrogens with zero attached hydrogens (tertiary/aromatic N) is 1. The minimum Gasteiger partial charge on any atom is -0.328 e. The first-order chi connectivity index (χ1) is 8.13. The van der Waals surface area contributed by atoms with Crippen LogP contribution in [0.2, 0.25) is 0 Å². The van der Waals surface area contributed by atoms with E-state index in [-0.39, 0.29) is 0 Å².